The summed E-state index contributed by atoms with van der Waals surface area (Å²) >= 11 is 0. The maximum Gasteiger partial charge on any atom is 0.241 e. The second kappa shape index (κ2) is 6.80. The summed E-state index contributed by atoms with van der Waals surface area (Å²) in [5.74, 6) is -3.59. The summed E-state index contributed by atoms with van der Waals surface area (Å²) in [6.07, 6.45) is 0. The van der Waals surface area contributed by atoms with Gasteiger partial charge in [0, 0.05) is 11.8 Å². The number of hydrogen-bond acceptors (Lipinski definition) is 3. The van der Waals surface area contributed by atoms with Gasteiger partial charge in [-0.2, -0.15) is 0 Å². The first kappa shape index (κ1) is 17.0. The molecular formula is C14H11F3N2O3S. The van der Waals surface area contributed by atoms with Crippen molar-refractivity contribution in [3.63, 3.8) is 0 Å². The number of hydrogen-bond donors (Lipinski definition) is 2. The van der Waals surface area contributed by atoms with Gasteiger partial charge in [0.15, 0.2) is 11.6 Å². The quantitative estimate of drug-likeness (QED) is 0.871. The van der Waals surface area contributed by atoms with E-state index >= 15 is 0 Å². The van der Waals surface area contributed by atoms with Crippen molar-refractivity contribution in [2.24, 2.45) is 0 Å². The molecule has 2 rings (SSSR count). The van der Waals surface area contributed by atoms with E-state index < -0.39 is 39.9 Å². The highest BCUT2D eigenvalue weighted by Gasteiger charge is 2.15. The Kier molecular flexibility index (Phi) is 5.02. The van der Waals surface area contributed by atoms with Gasteiger partial charge in [0.05, 0.1) is 11.4 Å². The monoisotopic (exact) mass is 344 g/mol. The highest BCUT2D eigenvalue weighted by molar-refractivity contribution is 7.89. The van der Waals surface area contributed by atoms with Gasteiger partial charge in [0.1, 0.15) is 5.82 Å². The molecule has 0 aliphatic carbocycles. The van der Waals surface area contributed by atoms with Gasteiger partial charge in [-0.1, -0.05) is 0 Å². The lowest BCUT2D eigenvalue weighted by atomic mass is 10.3. The van der Waals surface area contributed by atoms with Gasteiger partial charge in [0.25, 0.3) is 0 Å². The number of nitrogens with one attached hydrogen (secondary N) is 2. The van der Waals surface area contributed by atoms with Crippen LogP contribution in [0.1, 0.15) is 0 Å². The van der Waals surface area contributed by atoms with Gasteiger partial charge in [-0.25, -0.2) is 26.3 Å². The number of carbonyl (C=O) groups excluding carboxylic acids is 1. The van der Waals surface area contributed by atoms with Crippen LogP contribution in [0.2, 0.25) is 0 Å². The molecule has 0 spiro atoms. The summed E-state index contributed by atoms with van der Waals surface area (Å²) in [5, 5.41) is 2.21. The van der Waals surface area contributed by atoms with Crippen molar-refractivity contribution in [1.29, 1.82) is 0 Å². The lowest BCUT2D eigenvalue weighted by Crippen LogP contribution is -2.32. The molecule has 5 nitrogen and oxygen atoms in total. The second-order valence-electron chi connectivity index (χ2n) is 4.46. The fourth-order valence-corrected chi connectivity index (χ4v) is 2.62. The van der Waals surface area contributed by atoms with Crippen LogP contribution in [0, 0.1) is 17.5 Å². The molecule has 0 aliphatic heterocycles. The third kappa shape index (κ3) is 4.54. The maximum atomic E-state index is 13.0. The highest BCUT2D eigenvalue weighted by atomic mass is 32.2. The Labute approximate surface area is 130 Å². The Hall–Kier alpha value is -2.39. The van der Waals surface area contributed by atoms with E-state index in [1.165, 1.54) is 0 Å². The van der Waals surface area contributed by atoms with Crippen molar-refractivity contribution >= 4 is 21.6 Å². The van der Waals surface area contributed by atoms with Crippen LogP contribution in [0.4, 0.5) is 18.9 Å². The molecule has 1 amide bonds. The number of halogens is 3. The zero-order chi connectivity index (χ0) is 17.0. The smallest absolute Gasteiger partial charge is 0.241 e. The molecule has 0 saturated carbocycles. The summed E-state index contributed by atoms with van der Waals surface area (Å²) in [5.41, 5.74) is -0.0186. The minimum absolute atomic E-state index is 0.0186. The Morgan fingerprint density at radius 2 is 1.61 bits per heavy atom. The Bertz CT molecular complexity index is 824. The molecule has 0 bridgehead atoms. The lowest BCUT2D eigenvalue weighted by Gasteiger charge is -2.08. The van der Waals surface area contributed by atoms with Crippen molar-refractivity contribution in [2.45, 2.75) is 4.90 Å². The van der Waals surface area contributed by atoms with Crippen LogP contribution in [0.3, 0.4) is 0 Å². The van der Waals surface area contributed by atoms with Gasteiger partial charge in [-0.3, -0.25) is 4.79 Å². The normalized spacial score (nSPS) is 11.3. The molecule has 2 aromatic rings. The predicted molar refractivity (Wildman–Crippen MR) is 76.6 cm³/mol. The minimum atomic E-state index is -3.99. The SMILES string of the molecule is O=C(CNS(=O)(=O)c1ccc(F)cc1)Nc1ccc(F)c(F)c1. The minimum Gasteiger partial charge on any atom is -0.325 e. The predicted octanol–water partition coefficient (Wildman–Crippen LogP) is 2.02. The van der Waals surface area contributed by atoms with E-state index in [9.17, 15) is 26.4 Å². The summed E-state index contributed by atoms with van der Waals surface area (Å²) in [7, 11) is -3.99. The van der Waals surface area contributed by atoms with Crippen molar-refractivity contribution in [1.82, 2.24) is 4.72 Å². The van der Waals surface area contributed by atoms with Crippen molar-refractivity contribution < 1.29 is 26.4 Å². The number of benzene rings is 2. The summed E-state index contributed by atoms with van der Waals surface area (Å²) in [4.78, 5) is 11.4. The van der Waals surface area contributed by atoms with Crippen LogP contribution in [-0.4, -0.2) is 20.9 Å². The van der Waals surface area contributed by atoms with E-state index in [1.807, 2.05) is 4.72 Å². The third-order valence-corrected chi connectivity index (χ3v) is 4.17. The summed E-state index contributed by atoms with van der Waals surface area (Å²) < 4.78 is 64.3. The van der Waals surface area contributed by atoms with Crippen LogP contribution < -0.4 is 10.0 Å². The Morgan fingerprint density at radius 1 is 0.957 bits per heavy atom. The molecule has 0 radical (unpaired) electrons. The van der Waals surface area contributed by atoms with Gasteiger partial charge < -0.3 is 5.32 Å². The number of rotatable bonds is 5. The Balaban J connectivity index is 1.98. The molecule has 0 aromatic heterocycles. The zero-order valence-corrected chi connectivity index (χ0v) is 12.3. The van der Waals surface area contributed by atoms with Crippen LogP contribution in [0.25, 0.3) is 0 Å². The molecule has 2 N–H and O–H groups in total. The molecule has 0 unspecified atom stereocenters. The molecule has 0 heterocycles. The van der Waals surface area contributed by atoms with Crippen LogP contribution in [0.15, 0.2) is 47.4 Å². The summed E-state index contributed by atoms with van der Waals surface area (Å²) in [6, 6.07) is 6.75. The van der Waals surface area contributed by atoms with Crippen LogP contribution >= 0.6 is 0 Å². The van der Waals surface area contributed by atoms with E-state index in [-0.39, 0.29) is 10.6 Å². The zero-order valence-electron chi connectivity index (χ0n) is 11.5. The van der Waals surface area contributed by atoms with Crippen molar-refractivity contribution in [2.75, 3.05) is 11.9 Å². The van der Waals surface area contributed by atoms with Crippen LogP contribution in [0.5, 0.6) is 0 Å². The average molecular weight is 344 g/mol. The maximum absolute atomic E-state index is 13.0. The van der Waals surface area contributed by atoms with Gasteiger partial charge >= 0.3 is 0 Å². The van der Waals surface area contributed by atoms with Gasteiger partial charge in [0.2, 0.25) is 15.9 Å². The first-order valence-corrected chi connectivity index (χ1v) is 7.76. The molecule has 2 aromatic carbocycles. The number of carbonyl (C=O) groups is 1. The number of anilines is 1. The van der Waals surface area contributed by atoms with E-state index in [2.05, 4.69) is 5.32 Å². The Morgan fingerprint density at radius 3 is 2.22 bits per heavy atom. The van der Waals surface area contributed by atoms with Gasteiger partial charge in [-0.05, 0) is 36.4 Å². The second-order valence-corrected chi connectivity index (χ2v) is 6.22. The number of amides is 1. The van der Waals surface area contributed by atoms with E-state index in [0.29, 0.717) is 0 Å². The molecule has 0 aliphatic rings. The molecular weight excluding hydrogens is 333 g/mol. The van der Waals surface area contributed by atoms with Crippen molar-refractivity contribution in [3.8, 4) is 0 Å². The standard InChI is InChI=1S/C14H11F3N2O3S/c15-9-1-4-11(5-2-9)23(21,22)18-8-14(20)19-10-3-6-12(16)13(17)7-10/h1-7,18H,8H2,(H,19,20). The largest absolute Gasteiger partial charge is 0.325 e. The summed E-state index contributed by atoms with van der Waals surface area (Å²) in [6.45, 7) is -0.626. The van der Waals surface area contributed by atoms with Gasteiger partial charge in [-0.15, -0.1) is 0 Å². The molecule has 0 fully saturated rings. The topological polar surface area (TPSA) is 75.3 Å². The van der Waals surface area contributed by atoms with E-state index in [4.69, 9.17) is 0 Å². The van der Waals surface area contributed by atoms with E-state index in [1.54, 1.807) is 0 Å². The van der Waals surface area contributed by atoms with Crippen LogP contribution in [-0.2, 0) is 14.8 Å². The molecule has 122 valence electrons. The fraction of sp³-hybridized carbons (Fsp3) is 0.0714. The average Bonchev–Trinajstić information content (AvgIpc) is 2.50. The fourth-order valence-electron chi connectivity index (χ4n) is 1.64. The first-order chi connectivity index (χ1) is 10.8. The number of sulfonamides is 1. The molecule has 23 heavy (non-hydrogen) atoms. The molecule has 9 heteroatoms. The molecule has 0 saturated heterocycles. The van der Waals surface area contributed by atoms with E-state index in [0.717, 1.165) is 42.5 Å². The third-order valence-electron chi connectivity index (χ3n) is 2.75. The molecule has 0 atom stereocenters. The first-order valence-electron chi connectivity index (χ1n) is 6.28. The van der Waals surface area contributed by atoms with Crippen molar-refractivity contribution in [3.05, 3.63) is 59.9 Å². The lowest BCUT2D eigenvalue weighted by molar-refractivity contribution is -0.115. The highest BCUT2D eigenvalue weighted by Crippen LogP contribution is 2.13.